The maximum absolute atomic E-state index is 13.0. The molecular formula is C21H31BN2O3. The van der Waals surface area contributed by atoms with Gasteiger partial charge in [-0.25, -0.2) is 0 Å². The molecule has 1 aromatic heterocycles. The summed E-state index contributed by atoms with van der Waals surface area (Å²) in [7, 11) is 1.78. The summed E-state index contributed by atoms with van der Waals surface area (Å²) in [5.41, 5.74) is 0.684. The van der Waals surface area contributed by atoms with Gasteiger partial charge in [0, 0.05) is 29.7 Å². The van der Waals surface area contributed by atoms with Crippen molar-refractivity contribution in [2.24, 2.45) is 5.92 Å². The zero-order chi connectivity index (χ0) is 19.4. The fourth-order valence-corrected chi connectivity index (χ4v) is 4.71. The summed E-state index contributed by atoms with van der Waals surface area (Å²) < 4.78 is 12.2. The van der Waals surface area contributed by atoms with Gasteiger partial charge in [-0.2, -0.15) is 0 Å². The van der Waals surface area contributed by atoms with Gasteiger partial charge in [0.1, 0.15) is 5.69 Å². The van der Waals surface area contributed by atoms with Gasteiger partial charge in [0.2, 0.25) is 0 Å². The van der Waals surface area contributed by atoms with E-state index in [-0.39, 0.29) is 22.9 Å². The molecule has 0 aliphatic carbocycles. The first-order valence-electron chi connectivity index (χ1n) is 10.3. The van der Waals surface area contributed by atoms with Gasteiger partial charge in [-0.15, -0.1) is 0 Å². The standard InChI is InChI=1S/C21H31BN2O3/c1-20(2)21(3,4)27-22(26-20)15-9-10-18(23-13-15)19(25)14-11-16-7-6-8-17(12-14)24(16)5/h9-10,13-14,16-17H,6-8,11-12H2,1-5H3. The zero-order valence-electron chi connectivity index (χ0n) is 17.2. The van der Waals surface area contributed by atoms with Crippen LogP contribution in [0, 0.1) is 5.92 Å². The molecule has 0 spiro atoms. The van der Waals surface area contributed by atoms with Crippen LogP contribution in [-0.4, -0.2) is 53.1 Å². The molecule has 4 rings (SSSR count). The van der Waals surface area contributed by atoms with Crippen LogP contribution in [0.4, 0.5) is 0 Å². The number of pyridine rings is 1. The van der Waals surface area contributed by atoms with Gasteiger partial charge < -0.3 is 14.2 Å². The van der Waals surface area contributed by atoms with Gasteiger partial charge in [-0.3, -0.25) is 9.78 Å². The van der Waals surface area contributed by atoms with Crippen molar-refractivity contribution in [3.05, 3.63) is 24.0 Å². The Morgan fingerprint density at radius 3 is 2.22 bits per heavy atom. The number of fused-ring (bicyclic) bond motifs is 2. The topological polar surface area (TPSA) is 51.7 Å². The first-order valence-corrected chi connectivity index (χ1v) is 10.3. The van der Waals surface area contributed by atoms with E-state index in [1.54, 1.807) is 6.20 Å². The van der Waals surface area contributed by atoms with E-state index in [0.29, 0.717) is 17.8 Å². The number of piperidine rings is 2. The second-order valence-electron chi connectivity index (χ2n) is 9.50. The molecule has 3 saturated heterocycles. The fourth-order valence-electron chi connectivity index (χ4n) is 4.71. The predicted octanol–water partition coefficient (Wildman–Crippen LogP) is 2.83. The molecule has 3 aliphatic rings. The molecule has 3 fully saturated rings. The summed E-state index contributed by atoms with van der Waals surface area (Å²) in [6, 6.07) is 4.88. The van der Waals surface area contributed by atoms with E-state index in [1.807, 2.05) is 39.8 Å². The predicted molar refractivity (Wildman–Crippen MR) is 106 cm³/mol. The lowest BCUT2D eigenvalue weighted by Crippen LogP contribution is -2.51. The van der Waals surface area contributed by atoms with Crippen LogP contribution >= 0.6 is 0 Å². The highest BCUT2D eigenvalue weighted by Gasteiger charge is 2.51. The summed E-state index contributed by atoms with van der Waals surface area (Å²) in [4.78, 5) is 20.0. The van der Waals surface area contributed by atoms with Crippen LogP contribution in [0.1, 0.15) is 70.3 Å². The Kier molecular flexibility index (Phi) is 4.72. The maximum Gasteiger partial charge on any atom is 0.496 e. The van der Waals surface area contributed by atoms with Crippen molar-refractivity contribution in [2.75, 3.05) is 7.05 Å². The normalized spacial score (nSPS) is 32.5. The second-order valence-corrected chi connectivity index (χ2v) is 9.50. The van der Waals surface area contributed by atoms with Crippen molar-refractivity contribution >= 4 is 18.4 Å². The van der Waals surface area contributed by atoms with Crippen LogP contribution in [0.5, 0.6) is 0 Å². The molecule has 4 heterocycles. The molecule has 0 amide bonds. The minimum absolute atomic E-state index is 0.103. The average molecular weight is 370 g/mol. The number of carbonyl (C=O) groups is 1. The lowest BCUT2D eigenvalue weighted by molar-refractivity contribution is 0.00578. The Balaban J connectivity index is 1.46. The highest BCUT2D eigenvalue weighted by Crippen LogP contribution is 2.38. The van der Waals surface area contributed by atoms with Crippen molar-refractivity contribution in [1.29, 1.82) is 0 Å². The molecule has 2 bridgehead atoms. The molecule has 0 radical (unpaired) electrons. The van der Waals surface area contributed by atoms with Gasteiger partial charge >= 0.3 is 7.12 Å². The summed E-state index contributed by atoms with van der Waals surface area (Å²) in [6.45, 7) is 8.15. The molecule has 146 valence electrons. The number of rotatable bonds is 3. The summed E-state index contributed by atoms with van der Waals surface area (Å²) in [6.07, 6.45) is 7.39. The van der Waals surface area contributed by atoms with E-state index in [2.05, 4.69) is 16.9 Å². The third-order valence-electron chi connectivity index (χ3n) is 7.27. The van der Waals surface area contributed by atoms with Crippen LogP contribution in [0.3, 0.4) is 0 Å². The van der Waals surface area contributed by atoms with E-state index in [0.717, 1.165) is 18.3 Å². The first-order chi connectivity index (χ1) is 12.7. The Morgan fingerprint density at radius 2 is 1.70 bits per heavy atom. The minimum Gasteiger partial charge on any atom is -0.399 e. The SMILES string of the molecule is CN1C2CCCC1CC(C(=O)c1ccc(B3OC(C)(C)C(C)(C)O3)cn1)C2. The Labute approximate surface area is 163 Å². The Bertz CT molecular complexity index is 689. The molecule has 27 heavy (non-hydrogen) atoms. The molecule has 5 nitrogen and oxygen atoms in total. The number of hydrogen-bond donors (Lipinski definition) is 0. The van der Waals surface area contributed by atoms with Crippen LogP contribution < -0.4 is 5.46 Å². The number of nitrogens with zero attached hydrogens (tertiary/aromatic N) is 2. The second kappa shape index (κ2) is 6.68. The Morgan fingerprint density at radius 1 is 1.11 bits per heavy atom. The third kappa shape index (κ3) is 3.36. The number of carbonyl (C=O) groups excluding carboxylic acids is 1. The Hall–Kier alpha value is -1.24. The highest BCUT2D eigenvalue weighted by molar-refractivity contribution is 6.62. The van der Waals surface area contributed by atoms with E-state index < -0.39 is 7.12 Å². The van der Waals surface area contributed by atoms with Crippen molar-refractivity contribution in [1.82, 2.24) is 9.88 Å². The number of ketones is 1. The minimum atomic E-state index is -0.436. The fraction of sp³-hybridized carbons (Fsp3) is 0.714. The lowest BCUT2D eigenvalue weighted by atomic mass is 9.76. The summed E-state index contributed by atoms with van der Waals surface area (Å²) in [5.74, 6) is 0.298. The van der Waals surface area contributed by atoms with E-state index in [9.17, 15) is 4.79 Å². The largest absolute Gasteiger partial charge is 0.496 e. The number of Topliss-reactive ketones (excluding diaryl/α,β-unsaturated/α-hetero) is 1. The number of aromatic nitrogens is 1. The van der Waals surface area contributed by atoms with E-state index in [1.165, 1.54) is 19.3 Å². The van der Waals surface area contributed by atoms with E-state index >= 15 is 0 Å². The molecule has 6 heteroatoms. The van der Waals surface area contributed by atoms with Gasteiger partial charge in [0.25, 0.3) is 0 Å². The molecule has 0 N–H and O–H groups in total. The van der Waals surface area contributed by atoms with Crippen molar-refractivity contribution in [2.45, 2.75) is 83.1 Å². The average Bonchev–Trinajstić information content (AvgIpc) is 2.82. The lowest BCUT2D eigenvalue weighted by Gasteiger charge is -2.46. The van der Waals surface area contributed by atoms with E-state index in [4.69, 9.17) is 9.31 Å². The van der Waals surface area contributed by atoms with Crippen LogP contribution in [-0.2, 0) is 9.31 Å². The summed E-state index contributed by atoms with van der Waals surface area (Å²) in [5, 5.41) is 0. The van der Waals surface area contributed by atoms with Crippen LogP contribution in [0.15, 0.2) is 18.3 Å². The smallest absolute Gasteiger partial charge is 0.399 e. The highest BCUT2D eigenvalue weighted by atomic mass is 16.7. The molecule has 2 unspecified atom stereocenters. The van der Waals surface area contributed by atoms with Gasteiger partial charge in [0.05, 0.1) is 11.2 Å². The monoisotopic (exact) mass is 370 g/mol. The molecule has 1 aromatic rings. The van der Waals surface area contributed by atoms with Crippen LogP contribution in [0.25, 0.3) is 0 Å². The van der Waals surface area contributed by atoms with Crippen LogP contribution in [0.2, 0.25) is 0 Å². The van der Waals surface area contributed by atoms with Gasteiger partial charge in [0.15, 0.2) is 5.78 Å². The van der Waals surface area contributed by atoms with Gasteiger partial charge in [-0.05, 0) is 66.5 Å². The quantitative estimate of drug-likeness (QED) is 0.605. The number of hydrogen-bond acceptors (Lipinski definition) is 5. The molecule has 0 saturated carbocycles. The molecular weight excluding hydrogens is 339 g/mol. The maximum atomic E-state index is 13.0. The molecule has 2 atom stereocenters. The molecule has 0 aromatic carbocycles. The van der Waals surface area contributed by atoms with Crippen molar-refractivity contribution < 1.29 is 14.1 Å². The third-order valence-corrected chi connectivity index (χ3v) is 7.27. The van der Waals surface area contributed by atoms with Crippen molar-refractivity contribution in [3.63, 3.8) is 0 Å². The van der Waals surface area contributed by atoms with Gasteiger partial charge in [-0.1, -0.05) is 12.5 Å². The molecule has 3 aliphatic heterocycles. The summed E-state index contributed by atoms with van der Waals surface area (Å²) >= 11 is 0. The first kappa shape index (κ1) is 19.1. The van der Waals surface area contributed by atoms with Crippen molar-refractivity contribution in [3.8, 4) is 0 Å². The zero-order valence-corrected chi connectivity index (χ0v) is 17.2.